The van der Waals surface area contributed by atoms with E-state index in [-0.39, 0.29) is 11.9 Å². The zero-order chi connectivity index (χ0) is 14.4. The van der Waals surface area contributed by atoms with Gasteiger partial charge in [-0.25, -0.2) is 4.79 Å². The van der Waals surface area contributed by atoms with E-state index in [9.17, 15) is 9.59 Å². The number of amides is 3. The van der Waals surface area contributed by atoms with Crippen molar-refractivity contribution in [3.63, 3.8) is 0 Å². The van der Waals surface area contributed by atoms with Crippen LogP contribution in [0, 0.1) is 0 Å². The van der Waals surface area contributed by atoms with Crippen LogP contribution in [0.4, 0.5) is 10.5 Å². The molecule has 0 unspecified atom stereocenters. The summed E-state index contributed by atoms with van der Waals surface area (Å²) in [5, 5.41) is 6.07. The summed E-state index contributed by atoms with van der Waals surface area (Å²) < 4.78 is 0. The van der Waals surface area contributed by atoms with E-state index in [0.717, 1.165) is 19.4 Å². The van der Waals surface area contributed by atoms with E-state index in [2.05, 4.69) is 10.6 Å². The number of urea groups is 1. The van der Waals surface area contributed by atoms with Crippen LogP contribution < -0.4 is 10.6 Å². The topological polar surface area (TPSA) is 61.4 Å². The van der Waals surface area contributed by atoms with Crippen LogP contribution in [0.15, 0.2) is 24.3 Å². The van der Waals surface area contributed by atoms with E-state index in [4.69, 9.17) is 11.6 Å². The molecular formula is C14H18ClN3O2. The van der Waals surface area contributed by atoms with Gasteiger partial charge in [0, 0.05) is 36.8 Å². The SMILES string of the molecule is O=C(NCCN1CCCCC1=O)Nc1ccc(Cl)cc1. The maximum Gasteiger partial charge on any atom is 0.319 e. The fourth-order valence-electron chi connectivity index (χ4n) is 2.11. The van der Waals surface area contributed by atoms with Crippen LogP contribution in [0.5, 0.6) is 0 Å². The van der Waals surface area contributed by atoms with E-state index in [1.165, 1.54) is 0 Å². The first-order valence-electron chi connectivity index (χ1n) is 6.73. The van der Waals surface area contributed by atoms with Crippen LogP contribution in [0.1, 0.15) is 19.3 Å². The Labute approximate surface area is 123 Å². The summed E-state index contributed by atoms with van der Waals surface area (Å²) in [5.74, 6) is 0.177. The summed E-state index contributed by atoms with van der Waals surface area (Å²) in [7, 11) is 0. The van der Waals surface area contributed by atoms with Crippen molar-refractivity contribution in [1.82, 2.24) is 10.2 Å². The normalized spacial score (nSPS) is 15.1. The summed E-state index contributed by atoms with van der Waals surface area (Å²) in [6.07, 6.45) is 2.64. The molecule has 0 radical (unpaired) electrons. The quantitative estimate of drug-likeness (QED) is 0.896. The molecule has 0 bridgehead atoms. The summed E-state index contributed by atoms with van der Waals surface area (Å²) in [6, 6.07) is 6.61. The van der Waals surface area contributed by atoms with Gasteiger partial charge in [-0.15, -0.1) is 0 Å². The smallest absolute Gasteiger partial charge is 0.319 e. The molecule has 6 heteroatoms. The molecule has 0 atom stereocenters. The lowest BCUT2D eigenvalue weighted by Gasteiger charge is -2.26. The number of hydrogen-bond donors (Lipinski definition) is 2. The van der Waals surface area contributed by atoms with Crippen LogP contribution in [-0.2, 0) is 4.79 Å². The number of benzene rings is 1. The lowest BCUT2D eigenvalue weighted by atomic mass is 10.1. The molecule has 0 aliphatic carbocycles. The number of nitrogens with one attached hydrogen (secondary N) is 2. The highest BCUT2D eigenvalue weighted by molar-refractivity contribution is 6.30. The van der Waals surface area contributed by atoms with Gasteiger partial charge in [0.2, 0.25) is 5.91 Å². The van der Waals surface area contributed by atoms with E-state index in [1.807, 2.05) is 0 Å². The molecule has 0 saturated carbocycles. The van der Waals surface area contributed by atoms with Gasteiger partial charge in [0.05, 0.1) is 0 Å². The molecule has 1 saturated heterocycles. The first-order valence-corrected chi connectivity index (χ1v) is 7.11. The predicted molar refractivity (Wildman–Crippen MR) is 78.9 cm³/mol. The molecule has 108 valence electrons. The Balaban J connectivity index is 1.69. The van der Waals surface area contributed by atoms with E-state index in [0.29, 0.717) is 30.2 Å². The lowest BCUT2D eigenvalue weighted by Crippen LogP contribution is -2.41. The molecule has 5 nitrogen and oxygen atoms in total. The Bertz CT molecular complexity index is 476. The van der Waals surface area contributed by atoms with Gasteiger partial charge in [-0.2, -0.15) is 0 Å². The van der Waals surface area contributed by atoms with Crippen molar-refractivity contribution < 1.29 is 9.59 Å². The number of halogens is 1. The fraction of sp³-hybridized carbons (Fsp3) is 0.429. The molecule has 3 amide bonds. The minimum absolute atomic E-state index is 0.177. The highest BCUT2D eigenvalue weighted by Crippen LogP contribution is 2.13. The van der Waals surface area contributed by atoms with Crippen molar-refractivity contribution >= 4 is 29.2 Å². The van der Waals surface area contributed by atoms with Crippen LogP contribution in [0.2, 0.25) is 5.02 Å². The zero-order valence-corrected chi connectivity index (χ0v) is 11.9. The standard InChI is InChI=1S/C14H18ClN3O2/c15-11-4-6-12(7-5-11)17-14(20)16-8-10-18-9-2-1-3-13(18)19/h4-7H,1-3,8-10H2,(H2,16,17,20). The summed E-state index contributed by atoms with van der Waals surface area (Å²) in [5.41, 5.74) is 0.681. The lowest BCUT2D eigenvalue weighted by molar-refractivity contribution is -0.133. The van der Waals surface area contributed by atoms with Gasteiger partial charge in [0.25, 0.3) is 0 Å². The minimum atomic E-state index is -0.281. The monoisotopic (exact) mass is 295 g/mol. The number of piperidine rings is 1. The average Bonchev–Trinajstić information content (AvgIpc) is 2.43. The summed E-state index contributed by atoms with van der Waals surface area (Å²) in [4.78, 5) is 25.0. The van der Waals surface area contributed by atoms with Crippen LogP contribution in [-0.4, -0.2) is 36.5 Å². The molecule has 1 fully saturated rings. The summed E-state index contributed by atoms with van der Waals surface area (Å²) >= 11 is 5.77. The van der Waals surface area contributed by atoms with E-state index < -0.39 is 0 Å². The van der Waals surface area contributed by atoms with Crippen molar-refractivity contribution in [2.45, 2.75) is 19.3 Å². The van der Waals surface area contributed by atoms with Crippen molar-refractivity contribution in [1.29, 1.82) is 0 Å². The number of carbonyl (C=O) groups is 2. The zero-order valence-electron chi connectivity index (χ0n) is 11.2. The van der Waals surface area contributed by atoms with Crippen LogP contribution in [0.25, 0.3) is 0 Å². The molecule has 0 aromatic heterocycles. The van der Waals surface area contributed by atoms with Gasteiger partial charge in [-0.05, 0) is 37.1 Å². The first kappa shape index (κ1) is 14.7. The number of anilines is 1. The van der Waals surface area contributed by atoms with Gasteiger partial charge >= 0.3 is 6.03 Å². The van der Waals surface area contributed by atoms with Gasteiger partial charge in [0.15, 0.2) is 0 Å². The number of hydrogen-bond acceptors (Lipinski definition) is 2. The first-order chi connectivity index (χ1) is 9.65. The third kappa shape index (κ3) is 4.42. The highest BCUT2D eigenvalue weighted by atomic mass is 35.5. The second-order valence-corrected chi connectivity index (χ2v) is 5.16. The number of carbonyl (C=O) groups excluding carboxylic acids is 2. The van der Waals surface area contributed by atoms with Gasteiger partial charge in [-0.3, -0.25) is 4.79 Å². The highest BCUT2D eigenvalue weighted by Gasteiger charge is 2.17. The molecule has 1 aliphatic heterocycles. The van der Waals surface area contributed by atoms with Gasteiger partial charge in [0.1, 0.15) is 0 Å². The largest absolute Gasteiger partial charge is 0.341 e. The van der Waals surface area contributed by atoms with Crippen molar-refractivity contribution in [3.05, 3.63) is 29.3 Å². The number of rotatable bonds is 4. The minimum Gasteiger partial charge on any atom is -0.341 e. The molecule has 0 spiro atoms. The predicted octanol–water partition coefficient (Wildman–Crippen LogP) is 2.47. The Morgan fingerprint density at radius 1 is 1.25 bits per heavy atom. The second kappa shape index (κ2) is 7.14. The van der Waals surface area contributed by atoms with Crippen LogP contribution >= 0.6 is 11.6 Å². The molecule has 1 aromatic carbocycles. The van der Waals surface area contributed by atoms with Gasteiger partial charge < -0.3 is 15.5 Å². The van der Waals surface area contributed by atoms with Crippen molar-refractivity contribution in [2.75, 3.05) is 25.0 Å². The Hall–Kier alpha value is -1.75. The Kier molecular flexibility index (Phi) is 5.24. The van der Waals surface area contributed by atoms with Crippen LogP contribution in [0.3, 0.4) is 0 Å². The molecule has 1 aromatic rings. The Morgan fingerprint density at radius 2 is 2.00 bits per heavy atom. The van der Waals surface area contributed by atoms with E-state index in [1.54, 1.807) is 29.2 Å². The van der Waals surface area contributed by atoms with Crippen molar-refractivity contribution in [2.24, 2.45) is 0 Å². The average molecular weight is 296 g/mol. The van der Waals surface area contributed by atoms with Crippen molar-refractivity contribution in [3.8, 4) is 0 Å². The summed E-state index contributed by atoms with van der Waals surface area (Å²) in [6.45, 7) is 1.80. The van der Waals surface area contributed by atoms with Gasteiger partial charge in [-0.1, -0.05) is 11.6 Å². The molecule has 1 aliphatic rings. The molecule has 2 rings (SSSR count). The maximum absolute atomic E-state index is 11.7. The molecule has 2 N–H and O–H groups in total. The van der Waals surface area contributed by atoms with E-state index >= 15 is 0 Å². The number of nitrogens with zero attached hydrogens (tertiary/aromatic N) is 1. The third-order valence-electron chi connectivity index (χ3n) is 3.19. The molecule has 20 heavy (non-hydrogen) atoms. The second-order valence-electron chi connectivity index (χ2n) is 4.73. The molecule has 1 heterocycles. The maximum atomic E-state index is 11.7. The third-order valence-corrected chi connectivity index (χ3v) is 3.44. The molecular weight excluding hydrogens is 278 g/mol. The number of likely N-dealkylation sites (tertiary alicyclic amines) is 1. The fourth-order valence-corrected chi connectivity index (χ4v) is 2.24. The Morgan fingerprint density at radius 3 is 2.70 bits per heavy atom.